The fraction of sp³-hybridized carbons (Fsp3) is 0.292. The number of aromatic nitrogens is 1. The Kier molecular flexibility index (Phi) is 5.86. The Hall–Kier alpha value is -3.45. The summed E-state index contributed by atoms with van der Waals surface area (Å²) in [6, 6.07) is 18.1. The van der Waals surface area contributed by atoms with E-state index in [2.05, 4.69) is 16.4 Å². The Balaban J connectivity index is 1.62. The molecule has 1 atom stereocenters. The lowest BCUT2D eigenvalue weighted by atomic mass is 9.89. The molecule has 4 rings (SSSR count). The number of rotatable bonds is 5. The SMILES string of the molecule is CNC(=O)[C@@]1(Cc2cccc(-c3ccccc3)c2)CN(C(=O)c2ocnc2C)CCO1. The van der Waals surface area contributed by atoms with Crippen molar-refractivity contribution in [2.75, 3.05) is 26.7 Å². The molecule has 2 heterocycles. The lowest BCUT2D eigenvalue weighted by Crippen LogP contribution is -2.61. The number of morpholine rings is 1. The normalized spacial score (nSPS) is 18.6. The van der Waals surface area contributed by atoms with Gasteiger partial charge in [-0.1, -0.05) is 54.6 Å². The van der Waals surface area contributed by atoms with Gasteiger partial charge in [0.15, 0.2) is 12.0 Å². The van der Waals surface area contributed by atoms with Gasteiger partial charge >= 0.3 is 0 Å². The molecule has 1 fully saturated rings. The number of hydrogen-bond acceptors (Lipinski definition) is 5. The first kappa shape index (κ1) is 20.8. The molecule has 160 valence electrons. The summed E-state index contributed by atoms with van der Waals surface area (Å²) >= 11 is 0. The number of hydrogen-bond donors (Lipinski definition) is 1. The number of amides is 2. The molecule has 1 aromatic heterocycles. The van der Waals surface area contributed by atoms with Crippen LogP contribution in [0.15, 0.2) is 65.4 Å². The molecule has 0 aliphatic carbocycles. The van der Waals surface area contributed by atoms with E-state index in [1.54, 1.807) is 18.9 Å². The Bertz CT molecular complexity index is 1080. The predicted molar refractivity (Wildman–Crippen MR) is 115 cm³/mol. The number of carbonyl (C=O) groups excluding carboxylic acids is 2. The number of aryl methyl sites for hydroxylation is 1. The number of benzene rings is 2. The molecule has 1 saturated heterocycles. The highest BCUT2D eigenvalue weighted by atomic mass is 16.5. The molecule has 1 aliphatic heterocycles. The second kappa shape index (κ2) is 8.73. The fourth-order valence-electron chi connectivity index (χ4n) is 3.98. The Morgan fingerprint density at radius 2 is 1.90 bits per heavy atom. The van der Waals surface area contributed by atoms with Gasteiger partial charge in [0.25, 0.3) is 11.8 Å². The second-order valence-electron chi connectivity index (χ2n) is 7.66. The van der Waals surface area contributed by atoms with Crippen LogP contribution in [0.4, 0.5) is 0 Å². The van der Waals surface area contributed by atoms with E-state index in [4.69, 9.17) is 9.15 Å². The summed E-state index contributed by atoms with van der Waals surface area (Å²) in [7, 11) is 1.58. The Morgan fingerprint density at radius 3 is 2.61 bits per heavy atom. The van der Waals surface area contributed by atoms with Gasteiger partial charge in [-0.2, -0.15) is 0 Å². The van der Waals surface area contributed by atoms with Crippen molar-refractivity contribution in [1.82, 2.24) is 15.2 Å². The largest absolute Gasteiger partial charge is 0.438 e. The number of oxazole rings is 1. The predicted octanol–water partition coefficient (Wildman–Crippen LogP) is 2.85. The number of nitrogens with one attached hydrogen (secondary N) is 1. The van der Waals surface area contributed by atoms with Crippen molar-refractivity contribution < 1.29 is 18.7 Å². The van der Waals surface area contributed by atoms with E-state index in [1.165, 1.54) is 6.39 Å². The summed E-state index contributed by atoms with van der Waals surface area (Å²) in [5, 5.41) is 2.71. The van der Waals surface area contributed by atoms with E-state index in [0.717, 1.165) is 16.7 Å². The molecule has 0 unspecified atom stereocenters. The van der Waals surface area contributed by atoms with Gasteiger partial charge in [0.1, 0.15) is 0 Å². The van der Waals surface area contributed by atoms with Crippen molar-refractivity contribution in [1.29, 1.82) is 0 Å². The van der Waals surface area contributed by atoms with Crippen LogP contribution >= 0.6 is 0 Å². The number of nitrogens with zero attached hydrogens (tertiary/aromatic N) is 2. The van der Waals surface area contributed by atoms with Gasteiger partial charge in [0.2, 0.25) is 5.76 Å². The lowest BCUT2D eigenvalue weighted by molar-refractivity contribution is -0.156. The third kappa shape index (κ3) is 4.22. The van der Waals surface area contributed by atoms with E-state index >= 15 is 0 Å². The van der Waals surface area contributed by atoms with Crippen molar-refractivity contribution in [2.45, 2.75) is 18.9 Å². The van der Waals surface area contributed by atoms with E-state index in [0.29, 0.717) is 18.7 Å². The van der Waals surface area contributed by atoms with Gasteiger partial charge in [-0.05, 0) is 23.6 Å². The smallest absolute Gasteiger partial charge is 0.291 e. The molecule has 2 amide bonds. The minimum Gasteiger partial charge on any atom is -0.438 e. The monoisotopic (exact) mass is 419 g/mol. The van der Waals surface area contributed by atoms with Crippen LogP contribution in [-0.2, 0) is 16.0 Å². The maximum absolute atomic E-state index is 13.0. The third-order valence-corrected chi connectivity index (χ3v) is 5.58. The summed E-state index contributed by atoms with van der Waals surface area (Å²) in [6.07, 6.45) is 1.59. The van der Waals surface area contributed by atoms with Gasteiger partial charge < -0.3 is 19.4 Å². The number of ether oxygens (including phenoxy) is 1. The first-order valence-electron chi connectivity index (χ1n) is 10.2. The highest BCUT2D eigenvalue weighted by Crippen LogP contribution is 2.28. The maximum Gasteiger partial charge on any atom is 0.291 e. The lowest BCUT2D eigenvalue weighted by Gasteiger charge is -2.41. The van der Waals surface area contributed by atoms with Gasteiger partial charge in [0, 0.05) is 20.0 Å². The quantitative estimate of drug-likeness (QED) is 0.687. The van der Waals surface area contributed by atoms with E-state index in [1.807, 2.05) is 48.5 Å². The standard InChI is InChI=1S/C24H25N3O4/c1-17-21(30-16-26-17)22(28)27-11-12-31-24(15-27,23(29)25-2)14-18-7-6-10-20(13-18)19-8-4-3-5-9-19/h3-10,13,16H,11-12,14-15H2,1-2H3,(H,25,29)/t24-/m1/s1. The van der Waals surface area contributed by atoms with Crippen molar-refractivity contribution in [2.24, 2.45) is 0 Å². The maximum atomic E-state index is 13.0. The average molecular weight is 419 g/mol. The van der Waals surface area contributed by atoms with Crippen molar-refractivity contribution in [3.63, 3.8) is 0 Å². The molecule has 1 N–H and O–H groups in total. The molecular weight excluding hydrogens is 394 g/mol. The molecule has 7 heteroatoms. The summed E-state index contributed by atoms with van der Waals surface area (Å²) in [5.74, 6) is -0.354. The molecule has 31 heavy (non-hydrogen) atoms. The van der Waals surface area contributed by atoms with Gasteiger partial charge in [-0.25, -0.2) is 4.98 Å². The molecule has 3 aromatic rings. The van der Waals surface area contributed by atoms with Crippen LogP contribution in [0, 0.1) is 6.92 Å². The molecule has 1 aliphatic rings. The van der Waals surface area contributed by atoms with Crippen molar-refractivity contribution in [3.05, 3.63) is 78.0 Å². The molecule has 0 spiro atoms. The number of likely N-dealkylation sites (N-methyl/N-ethyl adjacent to an activating group) is 1. The molecule has 0 radical (unpaired) electrons. The van der Waals surface area contributed by atoms with Crippen LogP contribution in [0.25, 0.3) is 11.1 Å². The van der Waals surface area contributed by atoms with Crippen LogP contribution in [0.5, 0.6) is 0 Å². The summed E-state index contributed by atoms with van der Waals surface area (Å²) in [5.41, 5.74) is 2.45. The van der Waals surface area contributed by atoms with Crippen LogP contribution in [0.2, 0.25) is 0 Å². The van der Waals surface area contributed by atoms with Crippen LogP contribution in [0.1, 0.15) is 21.8 Å². The second-order valence-corrected chi connectivity index (χ2v) is 7.66. The van der Waals surface area contributed by atoms with Crippen LogP contribution in [0.3, 0.4) is 0 Å². The van der Waals surface area contributed by atoms with Gasteiger partial charge in [0.05, 0.1) is 18.8 Å². The van der Waals surface area contributed by atoms with E-state index in [-0.39, 0.29) is 30.7 Å². The Labute approximate surface area is 181 Å². The zero-order valence-electron chi connectivity index (χ0n) is 17.6. The minimum atomic E-state index is -1.19. The molecule has 7 nitrogen and oxygen atoms in total. The topological polar surface area (TPSA) is 84.7 Å². The summed E-state index contributed by atoms with van der Waals surface area (Å²) in [6.45, 7) is 2.48. The number of carbonyl (C=O) groups is 2. The highest BCUT2D eigenvalue weighted by Gasteiger charge is 2.45. The van der Waals surface area contributed by atoms with Gasteiger partial charge in [-0.3, -0.25) is 9.59 Å². The first-order valence-corrected chi connectivity index (χ1v) is 10.2. The average Bonchev–Trinajstić information content (AvgIpc) is 3.24. The van der Waals surface area contributed by atoms with Crippen LogP contribution < -0.4 is 5.32 Å². The molecule has 2 aromatic carbocycles. The molecule has 0 bridgehead atoms. The van der Waals surface area contributed by atoms with E-state index < -0.39 is 5.60 Å². The highest BCUT2D eigenvalue weighted by molar-refractivity contribution is 5.94. The third-order valence-electron chi connectivity index (χ3n) is 5.58. The zero-order valence-corrected chi connectivity index (χ0v) is 17.6. The van der Waals surface area contributed by atoms with E-state index in [9.17, 15) is 9.59 Å². The molecular formula is C24H25N3O4. The van der Waals surface area contributed by atoms with Crippen LogP contribution in [-0.4, -0.2) is 54.0 Å². The van der Waals surface area contributed by atoms with Crippen molar-refractivity contribution in [3.8, 4) is 11.1 Å². The fourth-order valence-corrected chi connectivity index (χ4v) is 3.98. The zero-order chi connectivity index (χ0) is 21.8. The Morgan fingerprint density at radius 1 is 1.13 bits per heavy atom. The summed E-state index contributed by atoms with van der Waals surface area (Å²) < 4.78 is 11.3. The van der Waals surface area contributed by atoms with Crippen molar-refractivity contribution >= 4 is 11.8 Å². The molecule has 0 saturated carbocycles. The minimum absolute atomic E-state index is 0.126. The first-order chi connectivity index (χ1) is 15.0. The van der Waals surface area contributed by atoms with Gasteiger partial charge in [-0.15, -0.1) is 0 Å². The summed E-state index contributed by atoms with van der Waals surface area (Å²) in [4.78, 5) is 31.5.